The molecule has 0 unspecified atom stereocenters. The van der Waals surface area contributed by atoms with Gasteiger partial charge in [-0.05, 0) is 56.2 Å². The van der Waals surface area contributed by atoms with Crippen molar-refractivity contribution in [1.29, 1.82) is 0 Å². The van der Waals surface area contributed by atoms with E-state index in [1.807, 2.05) is 44.2 Å². The Morgan fingerprint density at radius 3 is 2.52 bits per heavy atom. The molecular formula is C21H21ClN4O3. The van der Waals surface area contributed by atoms with Gasteiger partial charge in [0.05, 0.1) is 17.5 Å². The summed E-state index contributed by atoms with van der Waals surface area (Å²) in [6.07, 6.45) is 1.32. The highest BCUT2D eigenvalue weighted by Gasteiger charge is 2.11. The van der Waals surface area contributed by atoms with Crippen LogP contribution in [0, 0.1) is 20.8 Å². The third-order valence-electron chi connectivity index (χ3n) is 4.29. The highest BCUT2D eigenvalue weighted by molar-refractivity contribution is 6.32. The molecule has 0 bridgehead atoms. The van der Waals surface area contributed by atoms with Crippen LogP contribution in [0.25, 0.3) is 5.69 Å². The van der Waals surface area contributed by atoms with E-state index >= 15 is 0 Å². The minimum Gasteiger partial charge on any atom is -0.484 e. The standard InChI is InChI=1S/C21H21ClN4O3/c1-13-9-17(10-14(2)20(13)22)29-12-19(27)24-23-11-18-15(3)25-26(21(18)28)16-7-5-4-6-8-16/h4-11,25H,12H2,1-3H3,(H,24,27)/b23-11+. The number of carbonyl (C=O) groups excluding carboxylic acids is 1. The Kier molecular flexibility index (Phi) is 6.19. The minimum absolute atomic E-state index is 0.210. The lowest BCUT2D eigenvalue weighted by Gasteiger charge is -2.09. The number of hydrazone groups is 1. The van der Waals surface area contributed by atoms with Gasteiger partial charge in [-0.3, -0.25) is 14.7 Å². The van der Waals surface area contributed by atoms with Crippen molar-refractivity contribution in [3.8, 4) is 11.4 Å². The fourth-order valence-corrected chi connectivity index (χ4v) is 2.92. The number of hydrogen-bond acceptors (Lipinski definition) is 4. The summed E-state index contributed by atoms with van der Waals surface area (Å²) < 4.78 is 6.90. The number of amides is 1. The molecule has 29 heavy (non-hydrogen) atoms. The number of halogens is 1. The highest BCUT2D eigenvalue weighted by Crippen LogP contribution is 2.25. The maximum atomic E-state index is 12.6. The Morgan fingerprint density at radius 2 is 1.86 bits per heavy atom. The summed E-state index contributed by atoms with van der Waals surface area (Å²) in [6, 6.07) is 12.7. The van der Waals surface area contributed by atoms with Crippen LogP contribution < -0.4 is 15.7 Å². The largest absolute Gasteiger partial charge is 0.484 e. The third-order valence-corrected chi connectivity index (χ3v) is 4.89. The number of carbonyl (C=O) groups is 1. The average molecular weight is 413 g/mol. The molecule has 0 saturated carbocycles. The first-order chi connectivity index (χ1) is 13.9. The van der Waals surface area contributed by atoms with E-state index in [1.54, 1.807) is 19.1 Å². The molecule has 0 saturated heterocycles. The van der Waals surface area contributed by atoms with Crippen LogP contribution in [-0.2, 0) is 4.79 Å². The Hall–Kier alpha value is -3.32. The first kappa shape index (κ1) is 20.4. The predicted molar refractivity (Wildman–Crippen MR) is 113 cm³/mol. The van der Waals surface area contributed by atoms with Gasteiger partial charge in [0.1, 0.15) is 5.75 Å². The molecule has 0 spiro atoms. The van der Waals surface area contributed by atoms with Crippen molar-refractivity contribution < 1.29 is 9.53 Å². The van der Waals surface area contributed by atoms with Crippen LogP contribution >= 0.6 is 11.6 Å². The van der Waals surface area contributed by atoms with Crippen LogP contribution in [0.1, 0.15) is 22.4 Å². The number of ether oxygens (including phenoxy) is 1. The van der Waals surface area contributed by atoms with Gasteiger partial charge >= 0.3 is 0 Å². The summed E-state index contributed by atoms with van der Waals surface area (Å²) in [5.41, 5.74) is 5.57. The molecule has 1 heterocycles. The molecule has 3 aromatic rings. The lowest BCUT2D eigenvalue weighted by molar-refractivity contribution is -0.123. The molecular weight excluding hydrogens is 392 g/mol. The fourth-order valence-electron chi connectivity index (χ4n) is 2.81. The lowest BCUT2D eigenvalue weighted by Crippen LogP contribution is -2.25. The second kappa shape index (κ2) is 8.79. The first-order valence-electron chi connectivity index (χ1n) is 8.95. The molecule has 0 radical (unpaired) electrons. The van der Waals surface area contributed by atoms with E-state index in [2.05, 4.69) is 15.6 Å². The molecule has 8 heteroatoms. The molecule has 0 fully saturated rings. The fraction of sp³-hybridized carbons (Fsp3) is 0.190. The minimum atomic E-state index is -0.442. The normalized spacial score (nSPS) is 11.0. The second-order valence-corrected chi connectivity index (χ2v) is 6.96. The number of aryl methyl sites for hydroxylation is 3. The first-order valence-corrected chi connectivity index (χ1v) is 9.33. The van der Waals surface area contributed by atoms with Crippen LogP contribution in [0.15, 0.2) is 52.4 Å². The topological polar surface area (TPSA) is 88.5 Å². The van der Waals surface area contributed by atoms with Crippen LogP contribution in [0.4, 0.5) is 0 Å². The number of H-pyrrole nitrogens is 1. The van der Waals surface area contributed by atoms with Gasteiger partial charge in [0.15, 0.2) is 6.61 Å². The number of para-hydroxylation sites is 1. The van der Waals surface area contributed by atoms with Gasteiger partial charge in [-0.1, -0.05) is 29.8 Å². The SMILES string of the molecule is Cc1cc(OCC(=O)N/N=C/c2c(C)[nH]n(-c3ccccc3)c2=O)cc(C)c1Cl. The van der Waals surface area contributed by atoms with Crippen molar-refractivity contribution in [2.45, 2.75) is 20.8 Å². The predicted octanol–water partition coefficient (Wildman–Crippen LogP) is 3.27. The van der Waals surface area contributed by atoms with E-state index in [-0.39, 0.29) is 12.2 Å². The molecule has 0 aliphatic carbocycles. The summed E-state index contributed by atoms with van der Waals surface area (Å²) in [5, 5.41) is 7.54. The van der Waals surface area contributed by atoms with Crippen LogP contribution in [0.3, 0.4) is 0 Å². The number of aromatic nitrogens is 2. The van der Waals surface area contributed by atoms with Crippen LogP contribution in [0.2, 0.25) is 5.02 Å². The zero-order chi connectivity index (χ0) is 21.0. The van der Waals surface area contributed by atoms with Gasteiger partial charge in [0.25, 0.3) is 11.5 Å². The second-order valence-electron chi connectivity index (χ2n) is 6.58. The van der Waals surface area contributed by atoms with Gasteiger partial charge in [0, 0.05) is 10.7 Å². The van der Waals surface area contributed by atoms with Crippen molar-refractivity contribution in [2.75, 3.05) is 6.61 Å². The van der Waals surface area contributed by atoms with Crippen molar-refractivity contribution in [2.24, 2.45) is 5.10 Å². The Labute approximate surface area is 172 Å². The van der Waals surface area contributed by atoms with Crippen molar-refractivity contribution >= 4 is 23.7 Å². The van der Waals surface area contributed by atoms with E-state index in [0.29, 0.717) is 27.7 Å². The number of nitrogens with zero attached hydrogens (tertiary/aromatic N) is 2. The van der Waals surface area contributed by atoms with E-state index in [0.717, 1.165) is 11.1 Å². The zero-order valence-corrected chi connectivity index (χ0v) is 17.1. The van der Waals surface area contributed by atoms with Crippen molar-refractivity contribution in [3.63, 3.8) is 0 Å². The lowest BCUT2D eigenvalue weighted by atomic mass is 10.1. The Balaban J connectivity index is 1.62. The summed E-state index contributed by atoms with van der Waals surface area (Å²) in [7, 11) is 0. The van der Waals surface area contributed by atoms with Gasteiger partial charge in [-0.25, -0.2) is 10.1 Å². The number of aromatic amines is 1. The molecule has 0 atom stereocenters. The summed E-state index contributed by atoms with van der Waals surface area (Å²) in [6.45, 7) is 5.29. The zero-order valence-electron chi connectivity index (χ0n) is 16.3. The monoisotopic (exact) mass is 412 g/mol. The summed E-state index contributed by atoms with van der Waals surface area (Å²) in [4.78, 5) is 24.5. The Morgan fingerprint density at radius 1 is 1.21 bits per heavy atom. The molecule has 0 aliphatic heterocycles. The summed E-state index contributed by atoms with van der Waals surface area (Å²) >= 11 is 6.12. The molecule has 0 aliphatic rings. The summed E-state index contributed by atoms with van der Waals surface area (Å²) in [5.74, 6) is 0.110. The Bertz CT molecular complexity index is 1090. The van der Waals surface area contributed by atoms with Crippen LogP contribution in [-0.4, -0.2) is 28.5 Å². The number of nitrogens with one attached hydrogen (secondary N) is 2. The smallest absolute Gasteiger partial charge is 0.280 e. The molecule has 3 rings (SSSR count). The van der Waals surface area contributed by atoms with Gasteiger partial charge in [-0.2, -0.15) is 5.10 Å². The number of benzene rings is 2. The van der Waals surface area contributed by atoms with Crippen molar-refractivity contribution in [3.05, 3.63) is 80.2 Å². The van der Waals surface area contributed by atoms with Crippen molar-refractivity contribution in [1.82, 2.24) is 15.2 Å². The third kappa shape index (κ3) is 4.75. The van der Waals surface area contributed by atoms with E-state index in [1.165, 1.54) is 10.9 Å². The maximum Gasteiger partial charge on any atom is 0.280 e. The van der Waals surface area contributed by atoms with E-state index < -0.39 is 5.91 Å². The molecule has 2 aromatic carbocycles. The van der Waals surface area contributed by atoms with Gasteiger partial charge in [0.2, 0.25) is 0 Å². The van der Waals surface area contributed by atoms with Crippen LogP contribution in [0.5, 0.6) is 5.75 Å². The average Bonchev–Trinajstić information content (AvgIpc) is 2.99. The quantitative estimate of drug-likeness (QED) is 0.481. The number of rotatable bonds is 6. The molecule has 1 amide bonds. The molecule has 150 valence electrons. The number of hydrogen-bond donors (Lipinski definition) is 2. The molecule has 7 nitrogen and oxygen atoms in total. The molecule has 2 N–H and O–H groups in total. The maximum absolute atomic E-state index is 12.6. The van der Waals surface area contributed by atoms with Gasteiger partial charge < -0.3 is 4.74 Å². The van der Waals surface area contributed by atoms with E-state index in [4.69, 9.17) is 16.3 Å². The van der Waals surface area contributed by atoms with E-state index in [9.17, 15) is 9.59 Å². The highest BCUT2D eigenvalue weighted by atomic mass is 35.5. The molecule has 1 aromatic heterocycles. The van der Waals surface area contributed by atoms with Gasteiger partial charge in [-0.15, -0.1) is 0 Å².